The minimum absolute atomic E-state index is 0.707. The van der Waals surface area contributed by atoms with Gasteiger partial charge in [0.1, 0.15) is 7.11 Å². The third-order valence-electron chi connectivity index (χ3n) is 0.915. The fourth-order valence-corrected chi connectivity index (χ4v) is 0.451. The van der Waals surface area contributed by atoms with Crippen LogP contribution < -0.4 is 0 Å². The number of ether oxygens (including phenoxy) is 1. The Hall–Kier alpha value is -0.570. The SMILES string of the molecule is COCC/C(C)=N/OC. The molecule has 0 heterocycles. The van der Waals surface area contributed by atoms with E-state index in [0.29, 0.717) is 6.61 Å². The molecule has 0 aromatic carbocycles. The first-order valence-electron chi connectivity index (χ1n) is 2.86. The maximum absolute atomic E-state index is 4.82. The predicted octanol–water partition coefficient (Wildman–Crippen LogP) is 1.05. The Bertz CT molecular complexity index is 91.1. The molecule has 9 heavy (non-hydrogen) atoms. The van der Waals surface area contributed by atoms with E-state index in [1.807, 2.05) is 6.92 Å². The van der Waals surface area contributed by atoms with E-state index >= 15 is 0 Å². The maximum atomic E-state index is 4.82. The lowest BCUT2D eigenvalue weighted by molar-refractivity contribution is 0.197. The smallest absolute Gasteiger partial charge is 0.106 e. The Morgan fingerprint density at radius 2 is 2.11 bits per heavy atom. The van der Waals surface area contributed by atoms with E-state index < -0.39 is 0 Å². The second-order valence-corrected chi connectivity index (χ2v) is 1.75. The summed E-state index contributed by atoms with van der Waals surface area (Å²) in [5.74, 6) is 0. The molecule has 0 radical (unpaired) electrons. The quantitative estimate of drug-likeness (QED) is 0.421. The van der Waals surface area contributed by atoms with Gasteiger partial charge in [-0.25, -0.2) is 0 Å². The fraction of sp³-hybridized carbons (Fsp3) is 0.833. The molecule has 0 aromatic heterocycles. The molecule has 3 heteroatoms. The van der Waals surface area contributed by atoms with Crippen LogP contribution in [0.15, 0.2) is 5.16 Å². The van der Waals surface area contributed by atoms with Crippen molar-refractivity contribution in [3.63, 3.8) is 0 Å². The number of rotatable bonds is 4. The van der Waals surface area contributed by atoms with Gasteiger partial charge in [0.2, 0.25) is 0 Å². The highest BCUT2D eigenvalue weighted by atomic mass is 16.6. The van der Waals surface area contributed by atoms with Gasteiger partial charge >= 0.3 is 0 Å². The lowest BCUT2D eigenvalue weighted by Crippen LogP contribution is -1.97. The van der Waals surface area contributed by atoms with Crippen molar-refractivity contribution in [3.05, 3.63) is 0 Å². The predicted molar refractivity (Wildman–Crippen MR) is 36.6 cm³/mol. The summed E-state index contributed by atoms with van der Waals surface area (Å²) < 4.78 is 4.82. The molecule has 0 unspecified atom stereocenters. The zero-order valence-corrected chi connectivity index (χ0v) is 6.18. The number of hydrogen-bond donors (Lipinski definition) is 0. The lowest BCUT2D eigenvalue weighted by Gasteiger charge is -1.96. The average molecular weight is 131 g/mol. The van der Waals surface area contributed by atoms with Crippen LogP contribution in [0.5, 0.6) is 0 Å². The van der Waals surface area contributed by atoms with Crippen molar-refractivity contribution in [2.75, 3.05) is 20.8 Å². The molecule has 0 aliphatic heterocycles. The summed E-state index contributed by atoms with van der Waals surface area (Å²) >= 11 is 0. The van der Waals surface area contributed by atoms with Gasteiger partial charge in [-0.2, -0.15) is 0 Å². The van der Waals surface area contributed by atoms with Crippen molar-refractivity contribution in [3.8, 4) is 0 Å². The third kappa shape index (κ3) is 5.30. The van der Waals surface area contributed by atoms with Gasteiger partial charge in [0.15, 0.2) is 0 Å². The van der Waals surface area contributed by atoms with Gasteiger partial charge in [-0.05, 0) is 6.92 Å². The minimum Gasteiger partial charge on any atom is -0.399 e. The first-order valence-corrected chi connectivity index (χ1v) is 2.86. The van der Waals surface area contributed by atoms with Crippen molar-refractivity contribution < 1.29 is 9.57 Å². The van der Waals surface area contributed by atoms with E-state index in [0.717, 1.165) is 12.1 Å². The summed E-state index contributed by atoms with van der Waals surface area (Å²) in [4.78, 5) is 4.53. The molecular formula is C6H13NO2. The molecule has 0 saturated heterocycles. The van der Waals surface area contributed by atoms with E-state index in [1.54, 1.807) is 7.11 Å². The van der Waals surface area contributed by atoms with E-state index in [2.05, 4.69) is 9.99 Å². The molecule has 0 atom stereocenters. The first-order chi connectivity index (χ1) is 4.31. The highest BCUT2D eigenvalue weighted by Crippen LogP contribution is 1.86. The van der Waals surface area contributed by atoms with Crippen LogP contribution in [0.25, 0.3) is 0 Å². The van der Waals surface area contributed by atoms with Crippen LogP contribution in [0.4, 0.5) is 0 Å². The molecule has 0 aliphatic rings. The van der Waals surface area contributed by atoms with Crippen molar-refractivity contribution in [1.29, 1.82) is 0 Å². The highest BCUT2D eigenvalue weighted by molar-refractivity contribution is 5.81. The molecule has 0 rings (SSSR count). The summed E-state index contributed by atoms with van der Waals surface area (Å²) in [7, 11) is 3.20. The molecule has 0 aliphatic carbocycles. The van der Waals surface area contributed by atoms with E-state index in [9.17, 15) is 0 Å². The molecule has 0 N–H and O–H groups in total. The molecule has 0 bridgehead atoms. The Balaban J connectivity index is 3.25. The van der Waals surface area contributed by atoms with Crippen molar-refractivity contribution in [1.82, 2.24) is 0 Å². The standard InChI is InChI=1S/C6H13NO2/c1-6(7-9-3)4-5-8-2/h4-5H2,1-3H3/b7-6+. The first kappa shape index (κ1) is 8.43. The average Bonchev–Trinajstić information content (AvgIpc) is 1.85. The summed E-state index contributed by atoms with van der Waals surface area (Å²) in [6.07, 6.45) is 0.838. The van der Waals surface area contributed by atoms with Gasteiger partial charge in [-0.15, -0.1) is 0 Å². The van der Waals surface area contributed by atoms with Gasteiger partial charge in [0.05, 0.1) is 12.3 Å². The molecular weight excluding hydrogens is 118 g/mol. The zero-order chi connectivity index (χ0) is 7.11. The topological polar surface area (TPSA) is 30.8 Å². The maximum Gasteiger partial charge on any atom is 0.106 e. The van der Waals surface area contributed by atoms with Crippen molar-refractivity contribution >= 4 is 5.71 Å². The largest absolute Gasteiger partial charge is 0.399 e. The minimum atomic E-state index is 0.707. The normalized spacial score (nSPS) is 11.7. The molecule has 0 saturated carbocycles. The van der Waals surface area contributed by atoms with Gasteiger partial charge in [-0.1, -0.05) is 5.16 Å². The Labute approximate surface area is 55.6 Å². The Morgan fingerprint density at radius 1 is 1.44 bits per heavy atom. The summed E-state index contributed by atoms with van der Waals surface area (Å²) in [6, 6.07) is 0. The van der Waals surface area contributed by atoms with Crippen molar-refractivity contribution in [2.24, 2.45) is 5.16 Å². The highest BCUT2D eigenvalue weighted by Gasteiger charge is 1.88. The van der Waals surface area contributed by atoms with E-state index in [1.165, 1.54) is 7.11 Å². The second kappa shape index (κ2) is 5.56. The molecule has 54 valence electrons. The summed E-state index contributed by atoms with van der Waals surface area (Å²) in [5, 5.41) is 3.70. The zero-order valence-electron chi connectivity index (χ0n) is 6.18. The van der Waals surface area contributed by atoms with Crippen LogP contribution >= 0.6 is 0 Å². The van der Waals surface area contributed by atoms with Crippen molar-refractivity contribution in [2.45, 2.75) is 13.3 Å². The van der Waals surface area contributed by atoms with Crippen LogP contribution in [0, 0.1) is 0 Å². The third-order valence-corrected chi connectivity index (χ3v) is 0.915. The Kier molecular flexibility index (Phi) is 5.21. The van der Waals surface area contributed by atoms with Gasteiger partial charge < -0.3 is 9.57 Å². The van der Waals surface area contributed by atoms with Crippen LogP contribution in [-0.2, 0) is 9.57 Å². The summed E-state index contributed by atoms with van der Waals surface area (Å²) in [5.41, 5.74) is 0.958. The van der Waals surface area contributed by atoms with Gasteiger partial charge in [0, 0.05) is 13.5 Å². The molecule has 0 amide bonds. The van der Waals surface area contributed by atoms with E-state index in [4.69, 9.17) is 4.74 Å². The number of methoxy groups -OCH3 is 1. The van der Waals surface area contributed by atoms with Gasteiger partial charge in [-0.3, -0.25) is 0 Å². The number of hydrogen-bond acceptors (Lipinski definition) is 3. The van der Waals surface area contributed by atoms with E-state index in [-0.39, 0.29) is 0 Å². The van der Waals surface area contributed by atoms with Crippen LogP contribution in [0.1, 0.15) is 13.3 Å². The summed E-state index contributed by atoms with van der Waals surface area (Å²) in [6.45, 7) is 2.61. The van der Waals surface area contributed by atoms with Gasteiger partial charge in [0.25, 0.3) is 0 Å². The van der Waals surface area contributed by atoms with Crippen LogP contribution in [0.2, 0.25) is 0 Å². The molecule has 0 fully saturated rings. The van der Waals surface area contributed by atoms with Crippen LogP contribution in [-0.4, -0.2) is 26.5 Å². The molecule has 3 nitrogen and oxygen atoms in total. The monoisotopic (exact) mass is 131 g/mol. The Morgan fingerprint density at radius 3 is 2.56 bits per heavy atom. The lowest BCUT2D eigenvalue weighted by atomic mass is 10.3. The fourth-order valence-electron chi connectivity index (χ4n) is 0.451. The molecule has 0 spiro atoms. The number of oxime groups is 1. The van der Waals surface area contributed by atoms with Crippen LogP contribution in [0.3, 0.4) is 0 Å². The number of nitrogens with zero attached hydrogens (tertiary/aromatic N) is 1. The molecule has 0 aromatic rings. The second-order valence-electron chi connectivity index (χ2n) is 1.75.